The Morgan fingerprint density at radius 2 is 1.39 bits per heavy atom. The molecule has 0 aromatic heterocycles. The quantitative estimate of drug-likeness (QED) is 0.822. The van der Waals surface area contributed by atoms with Gasteiger partial charge in [-0.15, -0.1) is 0 Å². The highest BCUT2D eigenvalue weighted by atomic mass is 32.2. The second-order valence-electron chi connectivity index (χ2n) is 3.91. The normalized spacial score (nSPS) is 10.2. The smallest absolute Gasteiger partial charge is 0.136 e. The van der Waals surface area contributed by atoms with Crippen LogP contribution in [0.15, 0.2) is 52.3 Å². The van der Waals surface area contributed by atoms with Crippen LogP contribution in [0.5, 0.6) is 11.5 Å². The summed E-state index contributed by atoms with van der Waals surface area (Å²) in [4.78, 5) is 2.18. The molecule has 2 aromatic rings. The van der Waals surface area contributed by atoms with Gasteiger partial charge in [-0.25, -0.2) is 0 Å². The predicted octanol–water partition coefficient (Wildman–Crippen LogP) is 4.16. The molecular weight excluding hydrogens is 244 g/mol. The largest absolute Gasteiger partial charge is 0.495 e. The van der Waals surface area contributed by atoms with Crippen LogP contribution in [0.1, 0.15) is 5.56 Å². The molecule has 18 heavy (non-hydrogen) atoms. The van der Waals surface area contributed by atoms with Gasteiger partial charge in [0.25, 0.3) is 0 Å². The van der Waals surface area contributed by atoms with E-state index in [2.05, 4.69) is 31.2 Å². The summed E-state index contributed by atoms with van der Waals surface area (Å²) in [5, 5.41) is 0. The molecular formula is C15H16O2S. The fraction of sp³-hybridized carbons (Fsp3) is 0.200. The third-order valence-electron chi connectivity index (χ3n) is 2.62. The minimum Gasteiger partial charge on any atom is -0.495 e. The van der Waals surface area contributed by atoms with Crippen molar-refractivity contribution in [1.82, 2.24) is 0 Å². The first kappa shape index (κ1) is 12.8. The van der Waals surface area contributed by atoms with Gasteiger partial charge in [0.05, 0.1) is 19.1 Å². The van der Waals surface area contributed by atoms with E-state index in [1.54, 1.807) is 26.0 Å². The summed E-state index contributed by atoms with van der Waals surface area (Å²) in [5.41, 5.74) is 1.26. The summed E-state index contributed by atoms with van der Waals surface area (Å²) in [6.07, 6.45) is 0. The Kier molecular flexibility index (Phi) is 4.15. The lowest BCUT2D eigenvalue weighted by atomic mass is 10.2. The minimum atomic E-state index is 0.833. The van der Waals surface area contributed by atoms with Crippen molar-refractivity contribution in [3.8, 4) is 11.5 Å². The van der Waals surface area contributed by atoms with Gasteiger partial charge >= 0.3 is 0 Å². The molecule has 2 nitrogen and oxygen atoms in total. The maximum Gasteiger partial charge on any atom is 0.136 e. The first-order valence-electron chi connectivity index (χ1n) is 5.70. The van der Waals surface area contributed by atoms with Gasteiger partial charge in [0, 0.05) is 4.90 Å². The molecule has 0 saturated carbocycles. The van der Waals surface area contributed by atoms with Gasteiger partial charge in [0.2, 0.25) is 0 Å². The van der Waals surface area contributed by atoms with E-state index in [1.807, 2.05) is 18.2 Å². The summed E-state index contributed by atoms with van der Waals surface area (Å²) in [6, 6.07) is 14.2. The first-order chi connectivity index (χ1) is 8.74. The molecule has 2 rings (SSSR count). The summed E-state index contributed by atoms with van der Waals surface area (Å²) in [7, 11) is 3.35. The van der Waals surface area contributed by atoms with E-state index in [9.17, 15) is 0 Å². The van der Waals surface area contributed by atoms with Crippen molar-refractivity contribution in [1.29, 1.82) is 0 Å². The van der Waals surface area contributed by atoms with Gasteiger partial charge in [-0.05, 0) is 31.2 Å². The molecule has 0 atom stereocenters. The predicted molar refractivity (Wildman–Crippen MR) is 74.8 cm³/mol. The van der Waals surface area contributed by atoms with Crippen molar-refractivity contribution in [2.24, 2.45) is 0 Å². The molecule has 0 fully saturated rings. The van der Waals surface area contributed by atoms with E-state index in [4.69, 9.17) is 9.47 Å². The van der Waals surface area contributed by atoms with Crippen LogP contribution in [0.3, 0.4) is 0 Å². The van der Waals surface area contributed by atoms with E-state index >= 15 is 0 Å². The number of ether oxygens (including phenoxy) is 2. The van der Waals surface area contributed by atoms with Crippen LogP contribution in [-0.2, 0) is 0 Å². The fourth-order valence-corrected chi connectivity index (χ4v) is 2.65. The van der Waals surface area contributed by atoms with E-state index < -0.39 is 0 Å². The molecule has 3 heteroatoms. The molecule has 2 aromatic carbocycles. The summed E-state index contributed by atoms with van der Waals surface area (Å²) >= 11 is 1.65. The second kappa shape index (κ2) is 5.83. The van der Waals surface area contributed by atoms with E-state index in [-0.39, 0.29) is 0 Å². The topological polar surface area (TPSA) is 18.5 Å². The van der Waals surface area contributed by atoms with Crippen molar-refractivity contribution < 1.29 is 9.47 Å². The Balaban J connectivity index is 2.35. The number of methoxy groups -OCH3 is 2. The molecule has 0 aliphatic carbocycles. The molecule has 0 spiro atoms. The van der Waals surface area contributed by atoms with Crippen LogP contribution in [0.25, 0.3) is 0 Å². The monoisotopic (exact) mass is 260 g/mol. The van der Waals surface area contributed by atoms with Gasteiger partial charge in [-0.3, -0.25) is 0 Å². The molecule has 0 aliphatic heterocycles. The van der Waals surface area contributed by atoms with Gasteiger partial charge in [-0.2, -0.15) is 0 Å². The molecule has 0 bridgehead atoms. The van der Waals surface area contributed by atoms with Crippen molar-refractivity contribution in [3.05, 3.63) is 48.0 Å². The number of hydrogen-bond donors (Lipinski definition) is 0. The Morgan fingerprint density at radius 1 is 0.833 bits per heavy atom. The first-order valence-corrected chi connectivity index (χ1v) is 6.51. The number of benzene rings is 2. The van der Waals surface area contributed by atoms with Gasteiger partial charge in [0.1, 0.15) is 11.5 Å². The lowest BCUT2D eigenvalue weighted by Crippen LogP contribution is -1.91. The Bertz CT molecular complexity index is 498. The molecule has 0 radical (unpaired) electrons. The highest BCUT2D eigenvalue weighted by Gasteiger charge is 2.11. The Morgan fingerprint density at radius 3 is 1.89 bits per heavy atom. The van der Waals surface area contributed by atoms with Crippen LogP contribution in [-0.4, -0.2) is 14.2 Å². The van der Waals surface area contributed by atoms with Crippen LogP contribution >= 0.6 is 11.8 Å². The minimum absolute atomic E-state index is 0.833. The second-order valence-corrected chi connectivity index (χ2v) is 4.99. The highest BCUT2D eigenvalue weighted by molar-refractivity contribution is 7.99. The molecule has 0 unspecified atom stereocenters. The van der Waals surface area contributed by atoms with Gasteiger partial charge in [0.15, 0.2) is 0 Å². The lowest BCUT2D eigenvalue weighted by Gasteiger charge is -2.12. The SMILES string of the molecule is COc1cccc(OC)c1Sc1ccc(C)cc1. The third-order valence-corrected chi connectivity index (χ3v) is 3.74. The molecule has 0 saturated heterocycles. The summed E-state index contributed by atoms with van der Waals surface area (Å²) < 4.78 is 10.8. The fourth-order valence-electron chi connectivity index (χ4n) is 1.64. The van der Waals surface area contributed by atoms with Crippen molar-refractivity contribution >= 4 is 11.8 Å². The third kappa shape index (κ3) is 2.79. The zero-order valence-electron chi connectivity index (χ0n) is 10.8. The van der Waals surface area contributed by atoms with Crippen LogP contribution < -0.4 is 9.47 Å². The molecule has 0 heterocycles. The van der Waals surface area contributed by atoms with Crippen molar-refractivity contribution in [2.75, 3.05) is 14.2 Å². The maximum atomic E-state index is 5.38. The zero-order valence-corrected chi connectivity index (χ0v) is 11.6. The summed E-state index contributed by atoms with van der Waals surface area (Å²) in [6.45, 7) is 2.08. The molecule has 94 valence electrons. The highest BCUT2D eigenvalue weighted by Crippen LogP contribution is 2.41. The number of aryl methyl sites for hydroxylation is 1. The van der Waals surface area contributed by atoms with E-state index in [0.717, 1.165) is 16.4 Å². The molecule has 0 amide bonds. The average molecular weight is 260 g/mol. The van der Waals surface area contributed by atoms with Crippen LogP contribution in [0, 0.1) is 6.92 Å². The van der Waals surface area contributed by atoms with Crippen LogP contribution in [0.2, 0.25) is 0 Å². The Hall–Kier alpha value is -1.61. The molecule has 0 N–H and O–H groups in total. The standard InChI is InChI=1S/C15H16O2S/c1-11-7-9-12(10-8-11)18-15-13(16-2)5-4-6-14(15)17-3/h4-10H,1-3H3. The lowest BCUT2D eigenvalue weighted by molar-refractivity contribution is 0.376. The number of rotatable bonds is 4. The van der Waals surface area contributed by atoms with Gasteiger partial charge in [-0.1, -0.05) is 35.5 Å². The summed E-state index contributed by atoms with van der Waals surface area (Å²) in [5.74, 6) is 1.67. The zero-order chi connectivity index (χ0) is 13.0. The molecule has 0 aliphatic rings. The van der Waals surface area contributed by atoms with E-state index in [1.165, 1.54) is 10.5 Å². The number of hydrogen-bond acceptors (Lipinski definition) is 3. The Labute approximate surface area is 112 Å². The van der Waals surface area contributed by atoms with E-state index in [0.29, 0.717) is 0 Å². The van der Waals surface area contributed by atoms with Crippen LogP contribution in [0.4, 0.5) is 0 Å². The van der Waals surface area contributed by atoms with Gasteiger partial charge < -0.3 is 9.47 Å². The average Bonchev–Trinajstić information content (AvgIpc) is 2.41. The maximum absolute atomic E-state index is 5.38. The van der Waals surface area contributed by atoms with Crippen molar-refractivity contribution in [2.45, 2.75) is 16.7 Å². The van der Waals surface area contributed by atoms with Crippen molar-refractivity contribution in [3.63, 3.8) is 0 Å².